The van der Waals surface area contributed by atoms with E-state index in [-0.39, 0.29) is 0 Å². The molecule has 0 N–H and O–H groups in total. The van der Waals surface area contributed by atoms with E-state index in [4.69, 9.17) is 0 Å². The van der Waals surface area contributed by atoms with Gasteiger partial charge in [-0.25, -0.2) is 4.98 Å². The number of aromatic nitrogens is 1. The lowest BCUT2D eigenvalue weighted by Gasteiger charge is -2.05. The Morgan fingerprint density at radius 1 is 1.50 bits per heavy atom. The summed E-state index contributed by atoms with van der Waals surface area (Å²) < 4.78 is 0. The fourth-order valence-electron chi connectivity index (χ4n) is 0.961. The van der Waals surface area contributed by atoms with Gasteiger partial charge in [-0.05, 0) is 6.42 Å². The Labute approximate surface area is 83.0 Å². The molecule has 1 rings (SSSR count). The van der Waals surface area contributed by atoms with Crippen molar-refractivity contribution in [2.75, 3.05) is 19.0 Å². The highest BCUT2D eigenvalue weighted by Gasteiger charge is 2.08. The zero-order valence-electron chi connectivity index (χ0n) is 7.66. The predicted molar refractivity (Wildman–Crippen MR) is 58.5 cm³/mol. The molecule has 4 heteroatoms. The van der Waals surface area contributed by atoms with Crippen LogP contribution >= 0.6 is 24.0 Å². The molecule has 0 saturated heterocycles. The van der Waals surface area contributed by atoms with E-state index in [1.165, 1.54) is 10.6 Å². The standard InChI is InChI=1S/C8H14N2S2/c1-4-6-7(5-11)12-8(9-6)10(2)3/h11H,4-5H2,1-3H3. The van der Waals surface area contributed by atoms with Crippen molar-refractivity contribution in [1.82, 2.24) is 4.98 Å². The highest BCUT2D eigenvalue weighted by atomic mass is 32.1. The van der Waals surface area contributed by atoms with Crippen LogP contribution in [0.2, 0.25) is 0 Å². The average molecular weight is 202 g/mol. The largest absolute Gasteiger partial charge is 0.354 e. The van der Waals surface area contributed by atoms with Crippen molar-refractivity contribution >= 4 is 29.1 Å². The smallest absolute Gasteiger partial charge is 0.185 e. The second-order valence-electron chi connectivity index (χ2n) is 2.77. The number of hydrogen-bond acceptors (Lipinski definition) is 4. The predicted octanol–water partition coefficient (Wildman–Crippen LogP) is 2.20. The molecule has 68 valence electrons. The van der Waals surface area contributed by atoms with E-state index < -0.39 is 0 Å². The Bertz CT molecular complexity index is 234. The number of thiol groups is 1. The van der Waals surface area contributed by atoms with E-state index in [0.717, 1.165) is 17.3 Å². The molecule has 0 atom stereocenters. The molecule has 0 spiro atoms. The van der Waals surface area contributed by atoms with Crippen LogP contribution in [0.5, 0.6) is 0 Å². The summed E-state index contributed by atoms with van der Waals surface area (Å²) in [4.78, 5) is 7.83. The second-order valence-corrected chi connectivity index (χ2v) is 4.15. The van der Waals surface area contributed by atoms with Crippen LogP contribution in [0.3, 0.4) is 0 Å². The number of anilines is 1. The van der Waals surface area contributed by atoms with Crippen LogP contribution < -0.4 is 4.90 Å². The van der Waals surface area contributed by atoms with E-state index in [1.54, 1.807) is 11.3 Å². The molecule has 0 saturated carbocycles. The van der Waals surface area contributed by atoms with Gasteiger partial charge in [-0.15, -0.1) is 11.3 Å². The first kappa shape index (κ1) is 9.86. The van der Waals surface area contributed by atoms with Crippen molar-refractivity contribution in [3.05, 3.63) is 10.6 Å². The van der Waals surface area contributed by atoms with Crippen molar-refractivity contribution in [1.29, 1.82) is 0 Å². The van der Waals surface area contributed by atoms with Gasteiger partial charge in [0.05, 0.1) is 5.69 Å². The highest BCUT2D eigenvalue weighted by Crippen LogP contribution is 2.26. The number of hydrogen-bond donors (Lipinski definition) is 1. The molecular weight excluding hydrogens is 188 g/mol. The summed E-state index contributed by atoms with van der Waals surface area (Å²) in [5, 5.41) is 1.08. The molecule has 0 aliphatic rings. The Hall–Kier alpha value is -0.220. The lowest BCUT2D eigenvalue weighted by atomic mass is 10.3. The molecule has 2 nitrogen and oxygen atoms in total. The van der Waals surface area contributed by atoms with Crippen molar-refractivity contribution in [2.45, 2.75) is 19.1 Å². The number of rotatable bonds is 3. The second kappa shape index (κ2) is 4.14. The third kappa shape index (κ3) is 1.93. The van der Waals surface area contributed by atoms with Crippen molar-refractivity contribution < 1.29 is 0 Å². The Balaban J connectivity index is 2.97. The SMILES string of the molecule is CCc1nc(N(C)C)sc1CS. The van der Waals surface area contributed by atoms with Crippen LogP contribution in [0.4, 0.5) is 5.13 Å². The van der Waals surface area contributed by atoms with Crippen LogP contribution in [0.1, 0.15) is 17.5 Å². The number of aryl methyl sites for hydroxylation is 1. The minimum absolute atomic E-state index is 0.800. The van der Waals surface area contributed by atoms with Gasteiger partial charge in [-0.1, -0.05) is 6.92 Å². The summed E-state index contributed by atoms with van der Waals surface area (Å²) in [6, 6.07) is 0. The molecule has 0 aliphatic carbocycles. The Kier molecular flexibility index (Phi) is 3.40. The zero-order chi connectivity index (χ0) is 9.14. The molecule has 0 aliphatic heterocycles. The van der Waals surface area contributed by atoms with Crippen molar-refractivity contribution in [3.63, 3.8) is 0 Å². The lowest BCUT2D eigenvalue weighted by Crippen LogP contribution is -2.07. The zero-order valence-corrected chi connectivity index (χ0v) is 9.38. The van der Waals surface area contributed by atoms with Gasteiger partial charge in [0.1, 0.15) is 0 Å². The molecule has 12 heavy (non-hydrogen) atoms. The van der Waals surface area contributed by atoms with E-state index in [2.05, 4.69) is 24.5 Å². The molecule has 0 aromatic carbocycles. The monoisotopic (exact) mass is 202 g/mol. The van der Waals surface area contributed by atoms with Crippen LogP contribution in [0.25, 0.3) is 0 Å². The van der Waals surface area contributed by atoms with Crippen LogP contribution in [-0.4, -0.2) is 19.1 Å². The fourth-order valence-corrected chi connectivity index (χ4v) is 2.27. The van der Waals surface area contributed by atoms with Crippen molar-refractivity contribution in [2.24, 2.45) is 0 Å². The van der Waals surface area contributed by atoms with Gasteiger partial charge >= 0.3 is 0 Å². The maximum Gasteiger partial charge on any atom is 0.185 e. The average Bonchev–Trinajstić information content (AvgIpc) is 2.46. The van der Waals surface area contributed by atoms with Gasteiger partial charge in [0.2, 0.25) is 0 Å². The Morgan fingerprint density at radius 2 is 2.17 bits per heavy atom. The van der Waals surface area contributed by atoms with Gasteiger partial charge in [-0.2, -0.15) is 12.6 Å². The topological polar surface area (TPSA) is 16.1 Å². The first-order chi connectivity index (χ1) is 5.69. The van der Waals surface area contributed by atoms with E-state index in [0.29, 0.717) is 0 Å². The van der Waals surface area contributed by atoms with Crippen LogP contribution in [0.15, 0.2) is 0 Å². The van der Waals surface area contributed by atoms with Gasteiger partial charge < -0.3 is 4.90 Å². The maximum absolute atomic E-state index is 4.49. The molecule has 0 unspecified atom stereocenters. The highest BCUT2D eigenvalue weighted by molar-refractivity contribution is 7.79. The van der Waals surface area contributed by atoms with E-state index in [1.807, 2.05) is 19.0 Å². The summed E-state index contributed by atoms with van der Waals surface area (Å²) in [5.41, 5.74) is 1.19. The molecule has 1 heterocycles. The minimum Gasteiger partial charge on any atom is -0.354 e. The van der Waals surface area contributed by atoms with Crippen LogP contribution in [0, 0.1) is 0 Å². The summed E-state index contributed by atoms with van der Waals surface area (Å²) in [5.74, 6) is 0.800. The van der Waals surface area contributed by atoms with E-state index >= 15 is 0 Å². The molecular formula is C8H14N2S2. The normalized spacial score (nSPS) is 10.3. The minimum atomic E-state index is 0.800. The quantitative estimate of drug-likeness (QED) is 0.756. The molecule has 0 radical (unpaired) electrons. The molecule has 0 bridgehead atoms. The summed E-state index contributed by atoms with van der Waals surface area (Å²) >= 11 is 6.00. The molecule has 0 amide bonds. The van der Waals surface area contributed by atoms with Crippen LogP contribution in [-0.2, 0) is 12.2 Å². The molecule has 1 aromatic heterocycles. The number of nitrogens with zero attached hydrogens (tertiary/aromatic N) is 2. The Morgan fingerprint density at radius 3 is 2.50 bits per heavy atom. The fraction of sp³-hybridized carbons (Fsp3) is 0.625. The summed E-state index contributed by atoms with van der Waals surface area (Å²) in [6.07, 6.45) is 1.00. The van der Waals surface area contributed by atoms with Gasteiger partial charge in [0.15, 0.2) is 5.13 Å². The van der Waals surface area contributed by atoms with Gasteiger partial charge in [0, 0.05) is 24.7 Å². The lowest BCUT2D eigenvalue weighted by molar-refractivity contribution is 1.01. The maximum atomic E-state index is 4.49. The third-order valence-corrected chi connectivity index (χ3v) is 3.42. The first-order valence-corrected chi connectivity index (χ1v) is 5.40. The van der Waals surface area contributed by atoms with E-state index in [9.17, 15) is 0 Å². The molecule has 0 fully saturated rings. The van der Waals surface area contributed by atoms with Gasteiger partial charge in [-0.3, -0.25) is 0 Å². The number of thiazole rings is 1. The first-order valence-electron chi connectivity index (χ1n) is 3.95. The summed E-state index contributed by atoms with van der Waals surface area (Å²) in [6.45, 7) is 2.13. The molecule has 1 aromatic rings. The summed E-state index contributed by atoms with van der Waals surface area (Å²) in [7, 11) is 4.03. The third-order valence-electron chi connectivity index (χ3n) is 1.63. The van der Waals surface area contributed by atoms with Crippen molar-refractivity contribution in [3.8, 4) is 0 Å². The van der Waals surface area contributed by atoms with Gasteiger partial charge in [0.25, 0.3) is 0 Å².